The van der Waals surface area contributed by atoms with Gasteiger partial charge in [0.2, 0.25) is 0 Å². The molecule has 0 amide bonds. The fourth-order valence-electron chi connectivity index (χ4n) is 8.12. The third-order valence-corrected chi connectivity index (χ3v) is 12.7. The lowest BCUT2D eigenvalue weighted by molar-refractivity contribution is -0.332. The molecule has 0 aromatic heterocycles. The first-order valence-electron chi connectivity index (χ1n) is 27.5. The van der Waals surface area contributed by atoms with Crippen molar-refractivity contribution >= 4 is 11.9 Å². The smallest absolute Gasteiger partial charge is 0.306 e. The van der Waals surface area contributed by atoms with Crippen molar-refractivity contribution in [2.24, 2.45) is 0 Å². The molecule has 4 unspecified atom stereocenters. The SMILES string of the molecule is CCCCC/C=C/C/C=C/CCCCCCCC(=O)O[C@@H](COC(=O)CCC/C=C/C/C=C/C/C=C/C/C=C/CCCCCCCCC)CO[C@@H]1O[C@H](CO[C@@H]2O[C@H](CO)[C@H](O)C(O)C2O)[C@H](O)C(O)C1O. The second-order valence-corrected chi connectivity index (χ2v) is 19.0. The van der Waals surface area contributed by atoms with Crippen LogP contribution in [0.1, 0.15) is 181 Å². The van der Waals surface area contributed by atoms with Gasteiger partial charge in [0.15, 0.2) is 18.7 Å². The second-order valence-electron chi connectivity index (χ2n) is 19.0. The predicted octanol–water partition coefficient (Wildman–Crippen LogP) is 8.60. The van der Waals surface area contributed by atoms with Gasteiger partial charge in [0.1, 0.15) is 55.4 Å². The normalized spacial score (nSPS) is 25.6. The highest BCUT2D eigenvalue weighted by molar-refractivity contribution is 5.70. The predicted molar refractivity (Wildman–Crippen MR) is 279 cm³/mol. The summed E-state index contributed by atoms with van der Waals surface area (Å²) in [5.74, 6) is -1.01. The molecule has 0 aromatic rings. The number of rotatable bonds is 42. The lowest BCUT2D eigenvalue weighted by atomic mass is 9.98. The van der Waals surface area contributed by atoms with E-state index in [1.807, 2.05) is 6.08 Å². The van der Waals surface area contributed by atoms with E-state index in [9.17, 15) is 45.3 Å². The number of hydrogen-bond donors (Lipinski definition) is 7. The Hall–Kier alpha value is -3.06. The molecule has 15 nitrogen and oxygen atoms in total. The van der Waals surface area contributed by atoms with E-state index >= 15 is 0 Å². The quantitative estimate of drug-likeness (QED) is 0.0172. The number of aliphatic hydroxyl groups is 7. The van der Waals surface area contributed by atoms with Gasteiger partial charge in [-0.05, 0) is 83.5 Å². The van der Waals surface area contributed by atoms with E-state index in [0.29, 0.717) is 19.3 Å². The first kappa shape index (κ1) is 65.1. The average Bonchev–Trinajstić information content (AvgIpc) is 3.37. The molecule has 2 heterocycles. The van der Waals surface area contributed by atoms with Crippen LogP contribution < -0.4 is 0 Å². The van der Waals surface area contributed by atoms with E-state index in [2.05, 4.69) is 80.7 Å². The highest BCUT2D eigenvalue weighted by Crippen LogP contribution is 2.26. The number of aliphatic hydroxyl groups excluding tert-OH is 7. The Balaban J connectivity index is 1.81. The molecular weight excluding hydrogens is 925 g/mol. The number of esters is 2. The molecule has 0 aliphatic carbocycles. The molecule has 2 saturated heterocycles. The van der Waals surface area contributed by atoms with Gasteiger partial charge in [0, 0.05) is 12.8 Å². The molecule has 414 valence electrons. The van der Waals surface area contributed by atoms with Crippen LogP contribution in [-0.2, 0) is 38.0 Å². The van der Waals surface area contributed by atoms with Crippen LogP contribution >= 0.6 is 0 Å². The molecule has 2 aliphatic heterocycles. The molecule has 0 bridgehead atoms. The van der Waals surface area contributed by atoms with Gasteiger partial charge in [-0.25, -0.2) is 0 Å². The van der Waals surface area contributed by atoms with Crippen LogP contribution in [0.2, 0.25) is 0 Å². The van der Waals surface area contributed by atoms with Gasteiger partial charge >= 0.3 is 11.9 Å². The summed E-state index contributed by atoms with van der Waals surface area (Å²) in [6.07, 6.45) is 35.0. The van der Waals surface area contributed by atoms with E-state index in [0.717, 1.165) is 70.6 Å². The maximum absolute atomic E-state index is 13.0. The van der Waals surface area contributed by atoms with E-state index in [4.69, 9.17) is 28.4 Å². The lowest BCUT2D eigenvalue weighted by Gasteiger charge is -2.42. The molecule has 7 N–H and O–H groups in total. The molecule has 0 saturated carbocycles. The molecule has 0 radical (unpaired) electrons. The topological polar surface area (TPSA) is 231 Å². The van der Waals surface area contributed by atoms with Crippen molar-refractivity contribution in [3.63, 3.8) is 0 Å². The molecule has 2 fully saturated rings. The Bertz CT molecular complexity index is 1530. The summed E-state index contributed by atoms with van der Waals surface area (Å²) in [6, 6.07) is 0. The van der Waals surface area contributed by atoms with Crippen LogP contribution in [0, 0.1) is 0 Å². The van der Waals surface area contributed by atoms with Crippen molar-refractivity contribution in [3.05, 3.63) is 72.9 Å². The number of hydrogen-bond acceptors (Lipinski definition) is 15. The van der Waals surface area contributed by atoms with Crippen molar-refractivity contribution in [3.8, 4) is 0 Å². The minimum Gasteiger partial charge on any atom is -0.462 e. The molecule has 72 heavy (non-hydrogen) atoms. The monoisotopic (exact) mass is 1020 g/mol. The van der Waals surface area contributed by atoms with Gasteiger partial charge < -0.3 is 64.2 Å². The summed E-state index contributed by atoms with van der Waals surface area (Å²) in [5, 5.41) is 72.2. The van der Waals surface area contributed by atoms with Gasteiger partial charge in [-0.15, -0.1) is 0 Å². The van der Waals surface area contributed by atoms with Gasteiger partial charge in [-0.1, -0.05) is 157 Å². The van der Waals surface area contributed by atoms with Gasteiger partial charge in [0.05, 0.1) is 19.8 Å². The van der Waals surface area contributed by atoms with Gasteiger partial charge in [-0.3, -0.25) is 9.59 Å². The average molecular weight is 1020 g/mol. The van der Waals surface area contributed by atoms with Crippen LogP contribution in [0.5, 0.6) is 0 Å². The zero-order chi connectivity index (χ0) is 52.4. The lowest BCUT2D eigenvalue weighted by Crippen LogP contribution is -2.61. The first-order valence-corrected chi connectivity index (χ1v) is 27.5. The maximum Gasteiger partial charge on any atom is 0.306 e. The molecule has 2 rings (SSSR count). The largest absolute Gasteiger partial charge is 0.462 e. The maximum atomic E-state index is 13.0. The Kier molecular flexibility index (Phi) is 39.0. The third-order valence-electron chi connectivity index (χ3n) is 12.7. The van der Waals surface area contributed by atoms with E-state index in [-0.39, 0.29) is 19.4 Å². The zero-order valence-corrected chi connectivity index (χ0v) is 43.9. The zero-order valence-electron chi connectivity index (χ0n) is 43.9. The summed E-state index contributed by atoms with van der Waals surface area (Å²) in [5.41, 5.74) is 0. The third kappa shape index (κ3) is 30.3. The Morgan fingerprint density at radius 3 is 1.38 bits per heavy atom. The summed E-state index contributed by atoms with van der Waals surface area (Å²) in [4.78, 5) is 25.8. The molecular formula is C57H96O15. The molecule has 2 aliphatic rings. The summed E-state index contributed by atoms with van der Waals surface area (Å²) < 4.78 is 33.5. The minimum atomic E-state index is -1.78. The number of allylic oxidation sites excluding steroid dienone is 12. The van der Waals surface area contributed by atoms with Crippen LogP contribution in [0.15, 0.2) is 72.9 Å². The van der Waals surface area contributed by atoms with Crippen molar-refractivity contribution < 1.29 is 73.8 Å². The summed E-state index contributed by atoms with van der Waals surface area (Å²) in [6.45, 7) is 2.48. The fourth-order valence-corrected chi connectivity index (χ4v) is 8.12. The van der Waals surface area contributed by atoms with Crippen molar-refractivity contribution in [2.45, 2.75) is 248 Å². The van der Waals surface area contributed by atoms with Gasteiger partial charge in [-0.2, -0.15) is 0 Å². The number of ether oxygens (including phenoxy) is 6. The molecule has 11 atom stereocenters. The Morgan fingerprint density at radius 1 is 0.444 bits per heavy atom. The number of carbonyl (C=O) groups excluding carboxylic acids is 2. The number of carbonyl (C=O) groups is 2. The first-order chi connectivity index (χ1) is 35.0. The minimum absolute atomic E-state index is 0.134. The number of unbranched alkanes of at least 4 members (excludes halogenated alkanes) is 16. The van der Waals surface area contributed by atoms with Crippen LogP contribution in [-0.4, -0.2) is 142 Å². The molecule has 0 spiro atoms. The highest BCUT2D eigenvalue weighted by Gasteiger charge is 2.47. The summed E-state index contributed by atoms with van der Waals surface area (Å²) in [7, 11) is 0. The Labute approximate surface area is 432 Å². The van der Waals surface area contributed by atoms with Crippen LogP contribution in [0.4, 0.5) is 0 Å². The summed E-state index contributed by atoms with van der Waals surface area (Å²) >= 11 is 0. The fraction of sp³-hybridized carbons (Fsp3) is 0.754. The van der Waals surface area contributed by atoms with E-state index in [1.165, 1.54) is 64.2 Å². The second kappa shape index (κ2) is 43.2. The highest BCUT2D eigenvalue weighted by atomic mass is 16.7. The van der Waals surface area contributed by atoms with Crippen molar-refractivity contribution in [2.75, 3.05) is 26.4 Å². The molecule has 15 heteroatoms. The van der Waals surface area contributed by atoms with Crippen molar-refractivity contribution in [1.29, 1.82) is 0 Å². The van der Waals surface area contributed by atoms with Crippen molar-refractivity contribution in [1.82, 2.24) is 0 Å². The standard InChI is InChI=1S/C57H96O15/c1-3-5-7-9-11-13-15-17-19-20-21-22-23-24-26-27-29-31-33-35-37-39-48(59)67-42-45(70-49(60)40-38-36-34-32-30-28-25-18-16-14-12-10-8-6-4-2)43-68-56-55(66)53(64)51(62)47(72-56)44-69-57-54(65)52(63)50(61)46(41-58)71-57/h12,14,18-20,22-23,25-27,31,33,45-47,50-58,61-66H,3-11,13,15-17,21,24,28-30,32,34-44H2,1-2H3/b14-12+,20-19+,23-22+,25-18+,27-26+,33-31+/t45-,46+,47+,50-,51-,52?,53?,54?,55?,56+,57+/m0/s1. The van der Waals surface area contributed by atoms with Crippen LogP contribution in [0.25, 0.3) is 0 Å². The van der Waals surface area contributed by atoms with Crippen LogP contribution in [0.3, 0.4) is 0 Å². The van der Waals surface area contributed by atoms with E-state index < -0.39 is 99.3 Å². The Morgan fingerprint density at radius 2 is 0.847 bits per heavy atom. The molecule has 0 aromatic carbocycles. The van der Waals surface area contributed by atoms with E-state index in [1.54, 1.807) is 0 Å². The van der Waals surface area contributed by atoms with Gasteiger partial charge in [0.25, 0.3) is 0 Å².